The smallest absolute Gasteiger partial charge is 0.387 e. The number of ether oxygens (including phenoxy) is 2. The zero-order valence-corrected chi connectivity index (χ0v) is 16.4. The number of amides is 1. The second-order valence-corrected chi connectivity index (χ2v) is 7.16. The van der Waals surface area contributed by atoms with Gasteiger partial charge in [0.1, 0.15) is 11.5 Å². The fourth-order valence-corrected chi connectivity index (χ4v) is 3.47. The predicted octanol–water partition coefficient (Wildman–Crippen LogP) is 4.36. The molecule has 1 heterocycles. The van der Waals surface area contributed by atoms with Crippen LogP contribution in [0.15, 0.2) is 42.5 Å². The number of likely N-dealkylation sites (tertiary alicyclic amines) is 1. The van der Waals surface area contributed by atoms with Crippen LogP contribution in [0, 0.1) is 19.8 Å². The summed E-state index contributed by atoms with van der Waals surface area (Å²) >= 11 is 0. The van der Waals surface area contributed by atoms with Crippen molar-refractivity contribution in [1.29, 1.82) is 0 Å². The fraction of sp³-hybridized carbons (Fsp3) is 0.364. The van der Waals surface area contributed by atoms with E-state index >= 15 is 0 Å². The van der Waals surface area contributed by atoms with E-state index in [1.54, 1.807) is 12.1 Å². The van der Waals surface area contributed by atoms with Crippen LogP contribution in [-0.4, -0.2) is 36.5 Å². The summed E-state index contributed by atoms with van der Waals surface area (Å²) in [7, 11) is 0. The summed E-state index contributed by atoms with van der Waals surface area (Å²) in [5.41, 5.74) is 1.98. The lowest BCUT2D eigenvalue weighted by Gasteiger charge is -2.32. The molecule has 5 nitrogen and oxygen atoms in total. The number of para-hydroxylation sites is 1. The van der Waals surface area contributed by atoms with Crippen molar-refractivity contribution in [2.75, 3.05) is 13.1 Å². The van der Waals surface area contributed by atoms with Gasteiger partial charge < -0.3 is 14.4 Å². The molecule has 7 heteroatoms. The highest BCUT2D eigenvalue weighted by atomic mass is 19.3. The number of halogens is 2. The molecule has 1 fully saturated rings. The van der Waals surface area contributed by atoms with E-state index < -0.39 is 24.4 Å². The van der Waals surface area contributed by atoms with Gasteiger partial charge in [0, 0.05) is 13.1 Å². The zero-order chi connectivity index (χ0) is 21.0. The quantitative estimate of drug-likeness (QED) is 0.550. The van der Waals surface area contributed by atoms with Gasteiger partial charge in [0.2, 0.25) is 0 Å². The Kier molecular flexibility index (Phi) is 6.46. The molecule has 0 bridgehead atoms. The van der Waals surface area contributed by atoms with Crippen molar-refractivity contribution in [3.05, 3.63) is 59.2 Å². The summed E-state index contributed by atoms with van der Waals surface area (Å²) in [6.45, 7) is 1.41. The van der Waals surface area contributed by atoms with Crippen molar-refractivity contribution in [3.63, 3.8) is 0 Å². The lowest BCUT2D eigenvalue weighted by molar-refractivity contribution is -0.140. The first-order valence-corrected chi connectivity index (χ1v) is 9.47. The molecule has 2 aromatic rings. The van der Waals surface area contributed by atoms with Crippen molar-refractivity contribution in [2.45, 2.75) is 33.3 Å². The van der Waals surface area contributed by atoms with Gasteiger partial charge in [0.25, 0.3) is 5.91 Å². The molecular weight excluding hydrogens is 380 g/mol. The van der Waals surface area contributed by atoms with Crippen molar-refractivity contribution < 1.29 is 27.8 Å². The Morgan fingerprint density at radius 2 is 1.86 bits per heavy atom. The number of hydrogen-bond donors (Lipinski definition) is 0. The summed E-state index contributed by atoms with van der Waals surface area (Å²) in [6, 6.07) is 11.4. The normalized spacial score (nSPS) is 16.6. The van der Waals surface area contributed by atoms with Crippen LogP contribution in [0.3, 0.4) is 0 Å². The lowest BCUT2D eigenvalue weighted by atomic mass is 9.97. The van der Waals surface area contributed by atoms with Crippen molar-refractivity contribution in [1.82, 2.24) is 4.90 Å². The van der Waals surface area contributed by atoms with Gasteiger partial charge >= 0.3 is 12.6 Å². The number of hydrogen-bond acceptors (Lipinski definition) is 4. The average molecular weight is 403 g/mol. The van der Waals surface area contributed by atoms with E-state index in [4.69, 9.17) is 4.74 Å². The topological polar surface area (TPSA) is 55.8 Å². The van der Waals surface area contributed by atoms with E-state index in [-0.39, 0.29) is 17.9 Å². The first-order valence-electron chi connectivity index (χ1n) is 9.47. The molecule has 0 spiro atoms. The molecular formula is C22H23F2NO4. The summed E-state index contributed by atoms with van der Waals surface area (Å²) in [5, 5.41) is 0. The summed E-state index contributed by atoms with van der Waals surface area (Å²) in [4.78, 5) is 27.0. The highest BCUT2D eigenvalue weighted by Gasteiger charge is 2.31. The molecule has 1 amide bonds. The minimum absolute atomic E-state index is 0.0520. The van der Waals surface area contributed by atoms with Gasteiger partial charge in [-0.25, -0.2) is 0 Å². The second kappa shape index (κ2) is 9.03. The lowest BCUT2D eigenvalue weighted by Crippen LogP contribution is -2.43. The number of alkyl halides is 2. The molecule has 2 aromatic carbocycles. The Hall–Kier alpha value is -2.96. The summed E-state index contributed by atoms with van der Waals surface area (Å²) in [6.07, 6.45) is 1.22. The molecule has 1 unspecified atom stereocenters. The number of piperidine rings is 1. The van der Waals surface area contributed by atoms with Gasteiger partial charge in [-0.3, -0.25) is 9.59 Å². The zero-order valence-electron chi connectivity index (χ0n) is 16.4. The first-order chi connectivity index (χ1) is 13.8. The fourth-order valence-electron chi connectivity index (χ4n) is 3.47. The number of aryl methyl sites for hydroxylation is 2. The van der Waals surface area contributed by atoms with Crippen molar-refractivity contribution >= 4 is 11.9 Å². The van der Waals surface area contributed by atoms with Gasteiger partial charge in [0.05, 0.1) is 11.5 Å². The number of rotatable bonds is 5. The second-order valence-electron chi connectivity index (χ2n) is 7.16. The Balaban J connectivity index is 1.70. The molecule has 1 aliphatic heterocycles. The highest BCUT2D eigenvalue weighted by molar-refractivity contribution is 5.97. The number of carbonyl (C=O) groups excluding carboxylic acids is 2. The van der Waals surface area contributed by atoms with E-state index in [2.05, 4.69) is 4.74 Å². The average Bonchev–Trinajstić information content (AvgIpc) is 2.69. The first kappa shape index (κ1) is 20.8. The number of nitrogens with zero attached hydrogens (tertiary/aromatic N) is 1. The third-order valence-corrected chi connectivity index (χ3v) is 4.92. The molecule has 29 heavy (non-hydrogen) atoms. The molecule has 1 saturated heterocycles. The Morgan fingerprint density at radius 1 is 1.10 bits per heavy atom. The van der Waals surface area contributed by atoms with Crippen molar-refractivity contribution in [3.8, 4) is 11.5 Å². The highest BCUT2D eigenvalue weighted by Crippen LogP contribution is 2.27. The molecule has 0 aliphatic carbocycles. The van der Waals surface area contributed by atoms with E-state index in [9.17, 15) is 18.4 Å². The molecule has 0 aromatic heterocycles. The standard InChI is InChI=1S/C22H23F2NO4/c1-14-9-10-18(15(2)12-14)28-21(27)16-6-5-11-25(13-16)20(26)17-7-3-4-8-19(17)29-22(23)24/h3-4,7-10,12,16,22H,5-6,11,13H2,1-2H3. The predicted molar refractivity (Wildman–Crippen MR) is 103 cm³/mol. The summed E-state index contributed by atoms with van der Waals surface area (Å²) < 4.78 is 35.3. The maximum Gasteiger partial charge on any atom is 0.387 e. The van der Waals surface area contributed by atoms with Crippen molar-refractivity contribution in [2.24, 2.45) is 5.92 Å². The minimum Gasteiger partial charge on any atom is -0.434 e. The van der Waals surface area contributed by atoms with Gasteiger partial charge in [-0.15, -0.1) is 0 Å². The van der Waals surface area contributed by atoms with E-state index in [0.29, 0.717) is 25.1 Å². The molecule has 3 rings (SSSR count). The Bertz CT molecular complexity index is 900. The van der Waals surface area contributed by atoms with Crippen LogP contribution >= 0.6 is 0 Å². The molecule has 0 N–H and O–H groups in total. The Labute approximate surface area is 168 Å². The third-order valence-electron chi connectivity index (χ3n) is 4.92. The van der Waals surface area contributed by atoms with E-state index in [1.165, 1.54) is 23.1 Å². The van der Waals surface area contributed by atoms with Crippen LogP contribution in [0.2, 0.25) is 0 Å². The van der Waals surface area contributed by atoms with Gasteiger partial charge in [-0.2, -0.15) is 8.78 Å². The molecule has 1 atom stereocenters. The van der Waals surface area contributed by atoms with Crippen LogP contribution < -0.4 is 9.47 Å². The largest absolute Gasteiger partial charge is 0.434 e. The van der Waals surface area contributed by atoms with Crippen LogP contribution in [0.25, 0.3) is 0 Å². The van der Waals surface area contributed by atoms with Gasteiger partial charge in [-0.05, 0) is 50.5 Å². The third kappa shape index (κ3) is 5.10. The molecule has 1 aliphatic rings. The van der Waals surface area contributed by atoms with Gasteiger partial charge in [0.15, 0.2) is 0 Å². The van der Waals surface area contributed by atoms with Crippen LogP contribution in [0.4, 0.5) is 8.78 Å². The molecule has 0 radical (unpaired) electrons. The molecule has 154 valence electrons. The van der Waals surface area contributed by atoms with Crippen LogP contribution in [0.5, 0.6) is 11.5 Å². The number of esters is 1. The van der Waals surface area contributed by atoms with E-state index in [1.807, 2.05) is 26.0 Å². The monoisotopic (exact) mass is 403 g/mol. The maximum atomic E-state index is 12.9. The van der Waals surface area contributed by atoms with Gasteiger partial charge in [-0.1, -0.05) is 29.8 Å². The number of carbonyl (C=O) groups is 2. The van der Waals surface area contributed by atoms with E-state index in [0.717, 1.165) is 11.1 Å². The Morgan fingerprint density at radius 3 is 2.59 bits per heavy atom. The minimum atomic E-state index is -3.02. The SMILES string of the molecule is Cc1ccc(OC(=O)C2CCCN(C(=O)c3ccccc3OC(F)F)C2)c(C)c1. The van der Waals surface area contributed by atoms with Crippen LogP contribution in [0.1, 0.15) is 34.3 Å². The summed E-state index contributed by atoms with van der Waals surface area (Å²) in [5.74, 6) is -0.986. The molecule has 0 saturated carbocycles. The maximum absolute atomic E-state index is 12.9. The van der Waals surface area contributed by atoms with Crippen LogP contribution in [-0.2, 0) is 4.79 Å². The number of benzene rings is 2.